The summed E-state index contributed by atoms with van der Waals surface area (Å²) in [5.41, 5.74) is 6.72. The number of nitrogens with zero attached hydrogens (tertiary/aromatic N) is 2. The van der Waals surface area contributed by atoms with E-state index in [1.54, 1.807) is 12.1 Å². The molecule has 0 unspecified atom stereocenters. The number of nitriles is 1. The van der Waals surface area contributed by atoms with Crippen LogP contribution in [0.4, 0.5) is 11.4 Å². The molecule has 124 valence electrons. The van der Waals surface area contributed by atoms with Crippen LogP contribution in [0.25, 0.3) is 0 Å². The average molecular weight is 345 g/mol. The van der Waals surface area contributed by atoms with Gasteiger partial charge in [0.05, 0.1) is 35.4 Å². The molecule has 0 bridgehead atoms. The van der Waals surface area contributed by atoms with E-state index >= 15 is 0 Å². The third kappa shape index (κ3) is 2.75. The molecule has 0 fully saturated rings. The van der Waals surface area contributed by atoms with Crippen molar-refractivity contribution >= 4 is 21.4 Å². The van der Waals surface area contributed by atoms with Gasteiger partial charge in [0.2, 0.25) is 0 Å². The largest absolute Gasteiger partial charge is 0.484 e. The molecule has 1 aliphatic rings. The molecule has 1 aliphatic heterocycles. The van der Waals surface area contributed by atoms with Crippen LogP contribution in [0.3, 0.4) is 0 Å². The lowest BCUT2D eigenvalue weighted by Crippen LogP contribution is -2.45. The second kappa shape index (κ2) is 6.03. The maximum Gasteiger partial charge on any atom is 0.264 e. The van der Waals surface area contributed by atoms with Gasteiger partial charge in [0.1, 0.15) is 11.9 Å². The lowest BCUT2D eigenvalue weighted by molar-refractivity contribution is 0.116. The zero-order valence-electron chi connectivity index (χ0n) is 12.6. The van der Waals surface area contributed by atoms with Crippen molar-refractivity contribution in [1.29, 1.82) is 5.26 Å². The fourth-order valence-electron chi connectivity index (χ4n) is 2.51. The number of sulfonamides is 1. The zero-order chi connectivity index (χ0) is 17.3. The van der Waals surface area contributed by atoms with Crippen LogP contribution in [0.5, 0.6) is 5.75 Å². The van der Waals surface area contributed by atoms with Crippen LogP contribution in [0, 0.1) is 11.3 Å². The zero-order valence-corrected chi connectivity index (χ0v) is 13.4. The van der Waals surface area contributed by atoms with Crippen LogP contribution >= 0.6 is 0 Å². The minimum atomic E-state index is -3.93. The minimum Gasteiger partial charge on any atom is -0.484 e. The van der Waals surface area contributed by atoms with Gasteiger partial charge >= 0.3 is 0 Å². The molecule has 0 spiro atoms. The second-order valence-electron chi connectivity index (χ2n) is 5.33. The molecule has 3 N–H and O–H groups in total. The Bertz CT molecular complexity index is 921. The maximum atomic E-state index is 13.0. The van der Waals surface area contributed by atoms with Gasteiger partial charge < -0.3 is 15.6 Å². The second-order valence-corrected chi connectivity index (χ2v) is 7.19. The van der Waals surface area contributed by atoms with Gasteiger partial charge in [-0.25, -0.2) is 8.42 Å². The smallest absolute Gasteiger partial charge is 0.264 e. The lowest BCUT2D eigenvalue weighted by atomic mass is 10.2. The van der Waals surface area contributed by atoms with Gasteiger partial charge in [-0.15, -0.1) is 0 Å². The van der Waals surface area contributed by atoms with E-state index in [1.807, 2.05) is 6.07 Å². The maximum absolute atomic E-state index is 13.0. The Hall–Kier alpha value is -2.76. The van der Waals surface area contributed by atoms with Crippen LogP contribution in [0.15, 0.2) is 47.4 Å². The first-order valence-corrected chi connectivity index (χ1v) is 8.59. The van der Waals surface area contributed by atoms with Gasteiger partial charge in [-0.3, -0.25) is 4.31 Å². The number of hydrogen-bond donors (Lipinski definition) is 2. The molecule has 8 heteroatoms. The van der Waals surface area contributed by atoms with Crippen molar-refractivity contribution < 1.29 is 18.3 Å². The van der Waals surface area contributed by atoms with E-state index in [1.165, 1.54) is 30.3 Å². The Kier molecular flexibility index (Phi) is 4.05. The number of nitrogens with two attached hydrogens (primary N) is 1. The van der Waals surface area contributed by atoms with Gasteiger partial charge in [0.25, 0.3) is 10.0 Å². The molecule has 0 saturated heterocycles. The molecule has 0 radical (unpaired) electrons. The van der Waals surface area contributed by atoms with E-state index in [0.29, 0.717) is 17.1 Å². The lowest BCUT2D eigenvalue weighted by Gasteiger charge is -2.34. The molecule has 2 aromatic rings. The highest BCUT2D eigenvalue weighted by Crippen LogP contribution is 2.38. The fraction of sp³-hybridized carbons (Fsp3) is 0.188. The van der Waals surface area contributed by atoms with Crippen LogP contribution in [-0.2, 0) is 10.0 Å². The van der Waals surface area contributed by atoms with E-state index in [4.69, 9.17) is 15.7 Å². The first-order chi connectivity index (χ1) is 11.5. The molecule has 2 aromatic carbocycles. The molecular weight excluding hydrogens is 330 g/mol. The van der Waals surface area contributed by atoms with Gasteiger partial charge in [-0.2, -0.15) is 5.26 Å². The van der Waals surface area contributed by atoms with Crippen molar-refractivity contribution in [2.45, 2.75) is 11.0 Å². The highest BCUT2D eigenvalue weighted by Gasteiger charge is 2.34. The Labute approximate surface area is 139 Å². The quantitative estimate of drug-likeness (QED) is 0.804. The molecular formula is C16H15N3O4S. The summed E-state index contributed by atoms with van der Waals surface area (Å²) in [5.74, 6) is 0.328. The van der Waals surface area contributed by atoms with Crippen molar-refractivity contribution in [2.75, 3.05) is 23.2 Å². The third-order valence-electron chi connectivity index (χ3n) is 3.67. The van der Waals surface area contributed by atoms with Crippen LogP contribution in [0.1, 0.15) is 5.56 Å². The Morgan fingerprint density at radius 1 is 1.33 bits per heavy atom. The molecule has 3 rings (SSSR count). The van der Waals surface area contributed by atoms with Gasteiger partial charge in [-0.05, 0) is 36.4 Å². The number of benzene rings is 2. The highest BCUT2D eigenvalue weighted by molar-refractivity contribution is 7.92. The number of ether oxygens (including phenoxy) is 1. The molecule has 0 aromatic heterocycles. The standard InChI is InChI=1S/C16H15N3O4S/c17-8-11-2-1-3-14(6-11)24(21,22)19-9-13(10-20)23-16-5-4-12(18)7-15(16)19/h1-7,13,20H,9-10,18H2/t13-/m1/s1. The molecule has 0 saturated carbocycles. The van der Waals surface area contributed by atoms with Crippen molar-refractivity contribution in [3.8, 4) is 11.8 Å². The van der Waals surface area contributed by atoms with Crippen LogP contribution in [-0.4, -0.2) is 32.8 Å². The molecule has 1 heterocycles. The fourth-order valence-corrected chi connectivity index (χ4v) is 4.05. The van der Waals surface area contributed by atoms with Gasteiger partial charge in [-0.1, -0.05) is 6.07 Å². The van der Waals surface area contributed by atoms with E-state index in [9.17, 15) is 13.5 Å². The highest BCUT2D eigenvalue weighted by atomic mass is 32.2. The number of hydrogen-bond acceptors (Lipinski definition) is 6. The predicted octanol–water partition coefficient (Wildman–Crippen LogP) is 1.09. The molecule has 24 heavy (non-hydrogen) atoms. The number of rotatable bonds is 3. The summed E-state index contributed by atoms with van der Waals surface area (Å²) in [6, 6.07) is 12.4. The van der Waals surface area contributed by atoms with Crippen molar-refractivity contribution in [2.24, 2.45) is 0 Å². The van der Waals surface area contributed by atoms with Crippen LogP contribution < -0.4 is 14.8 Å². The predicted molar refractivity (Wildman–Crippen MR) is 88.0 cm³/mol. The first kappa shape index (κ1) is 16.1. The normalized spacial score (nSPS) is 16.8. The van der Waals surface area contributed by atoms with Crippen molar-refractivity contribution in [3.63, 3.8) is 0 Å². The number of aliphatic hydroxyl groups is 1. The van der Waals surface area contributed by atoms with E-state index in [2.05, 4.69) is 0 Å². The number of nitrogen functional groups attached to an aromatic ring is 1. The first-order valence-electron chi connectivity index (χ1n) is 7.15. The molecule has 0 amide bonds. The summed E-state index contributed by atoms with van der Waals surface area (Å²) in [4.78, 5) is -0.00601. The molecule has 1 atom stereocenters. The summed E-state index contributed by atoms with van der Waals surface area (Å²) in [5, 5.41) is 18.4. The SMILES string of the molecule is N#Cc1cccc(S(=O)(=O)N2C[C@H](CO)Oc3ccc(N)cc32)c1. The summed E-state index contributed by atoms with van der Waals surface area (Å²) >= 11 is 0. The number of anilines is 2. The summed E-state index contributed by atoms with van der Waals surface area (Å²) < 4.78 is 32.8. The third-order valence-corrected chi connectivity index (χ3v) is 5.45. The van der Waals surface area contributed by atoms with Crippen molar-refractivity contribution in [1.82, 2.24) is 0 Å². The van der Waals surface area contributed by atoms with E-state index < -0.39 is 16.1 Å². The van der Waals surface area contributed by atoms with E-state index in [-0.39, 0.29) is 23.6 Å². The summed E-state index contributed by atoms with van der Waals surface area (Å²) in [7, 11) is -3.93. The minimum absolute atomic E-state index is 0.00601. The Balaban J connectivity index is 2.13. The summed E-state index contributed by atoms with van der Waals surface area (Å²) in [6.07, 6.45) is -0.685. The van der Waals surface area contributed by atoms with Crippen molar-refractivity contribution in [3.05, 3.63) is 48.0 Å². The topological polar surface area (TPSA) is 117 Å². The Morgan fingerprint density at radius 3 is 2.83 bits per heavy atom. The monoisotopic (exact) mass is 345 g/mol. The number of fused-ring (bicyclic) bond motifs is 1. The Morgan fingerprint density at radius 2 is 2.12 bits per heavy atom. The van der Waals surface area contributed by atoms with E-state index in [0.717, 1.165) is 4.31 Å². The average Bonchev–Trinajstić information content (AvgIpc) is 2.60. The van der Waals surface area contributed by atoms with Crippen LogP contribution in [0.2, 0.25) is 0 Å². The van der Waals surface area contributed by atoms with Gasteiger partial charge in [0.15, 0.2) is 0 Å². The molecule has 7 nitrogen and oxygen atoms in total. The van der Waals surface area contributed by atoms with Gasteiger partial charge in [0, 0.05) is 5.69 Å². The summed E-state index contributed by atoms with van der Waals surface area (Å²) in [6.45, 7) is -0.375. The molecule has 0 aliphatic carbocycles. The number of aliphatic hydroxyl groups excluding tert-OH is 1.